The highest BCUT2D eigenvalue weighted by Crippen LogP contribution is 2.60. The number of benzene rings is 1. The van der Waals surface area contributed by atoms with Crippen LogP contribution in [-0.4, -0.2) is 17.0 Å². The Labute approximate surface area is 136 Å². The second-order valence-corrected chi connectivity index (χ2v) is 7.89. The van der Waals surface area contributed by atoms with Gasteiger partial charge in [-0.2, -0.15) is 0 Å². The van der Waals surface area contributed by atoms with Crippen LogP contribution >= 0.6 is 0 Å². The van der Waals surface area contributed by atoms with E-state index in [0.717, 1.165) is 17.8 Å². The van der Waals surface area contributed by atoms with Crippen molar-refractivity contribution < 1.29 is 14.7 Å². The minimum atomic E-state index is -1.10. The molecule has 4 aliphatic carbocycles. The Morgan fingerprint density at radius 1 is 1.00 bits per heavy atom. The monoisotopic (exact) mass is 313 g/mol. The number of aliphatic carboxylic acids is 1. The highest BCUT2D eigenvalue weighted by Gasteiger charge is 2.51. The van der Waals surface area contributed by atoms with E-state index in [0.29, 0.717) is 11.1 Å². The first-order valence-electron chi connectivity index (χ1n) is 8.65. The summed E-state index contributed by atoms with van der Waals surface area (Å²) < 4.78 is 0. The fourth-order valence-electron chi connectivity index (χ4n) is 5.71. The number of amides is 1. The first-order valence-corrected chi connectivity index (χ1v) is 8.65. The van der Waals surface area contributed by atoms with Gasteiger partial charge in [0.1, 0.15) is 6.42 Å². The molecule has 1 amide bonds. The minimum Gasteiger partial charge on any atom is -0.481 e. The van der Waals surface area contributed by atoms with E-state index in [1.807, 2.05) is 12.1 Å². The average molecular weight is 313 g/mol. The summed E-state index contributed by atoms with van der Waals surface area (Å²) >= 11 is 0. The van der Waals surface area contributed by atoms with E-state index in [9.17, 15) is 9.59 Å². The van der Waals surface area contributed by atoms with Crippen LogP contribution in [0.5, 0.6) is 0 Å². The van der Waals surface area contributed by atoms with Gasteiger partial charge in [0.2, 0.25) is 5.91 Å². The van der Waals surface area contributed by atoms with Gasteiger partial charge in [-0.25, -0.2) is 0 Å². The second-order valence-electron chi connectivity index (χ2n) is 7.89. The van der Waals surface area contributed by atoms with E-state index in [1.165, 1.54) is 44.1 Å². The van der Waals surface area contributed by atoms with Gasteiger partial charge in [-0.05, 0) is 79.4 Å². The average Bonchev–Trinajstić information content (AvgIpc) is 2.45. The third-order valence-corrected chi connectivity index (χ3v) is 6.13. The number of carbonyl (C=O) groups is 2. The van der Waals surface area contributed by atoms with Gasteiger partial charge >= 0.3 is 5.97 Å². The van der Waals surface area contributed by atoms with Crippen molar-refractivity contribution in [2.24, 2.45) is 17.8 Å². The summed E-state index contributed by atoms with van der Waals surface area (Å²) in [5.74, 6) is 1.16. The molecule has 122 valence electrons. The van der Waals surface area contributed by atoms with E-state index in [2.05, 4.69) is 17.4 Å². The molecule has 4 fully saturated rings. The van der Waals surface area contributed by atoms with Crippen LogP contribution in [0.25, 0.3) is 0 Å². The van der Waals surface area contributed by atoms with Crippen LogP contribution in [0.2, 0.25) is 0 Å². The fraction of sp³-hybridized carbons (Fsp3) is 0.579. The standard InChI is InChI=1S/C19H23NO3/c21-17(8-18(22)23)20-16-3-1-15(2-4-16)19-9-12-5-13(10-19)7-14(6-12)11-19/h1-4,12-14H,5-11H2,(H,20,21)(H,22,23). The maximum Gasteiger partial charge on any atom is 0.312 e. The summed E-state index contributed by atoms with van der Waals surface area (Å²) in [6.45, 7) is 0. The third-order valence-electron chi connectivity index (χ3n) is 6.13. The SMILES string of the molecule is O=C(O)CC(=O)Nc1ccc(C23CC4CC(CC(C4)C2)C3)cc1. The number of anilines is 1. The number of rotatable bonds is 4. The van der Waals surface area contributed by atoms with Crippen molar-refractivity contribution in [2.45, 2.75) is 50.4 Å². The first-order chi connectivity index (χ1) is 11.0. The number of carboxylic acid groups (broad SMARTS) is 1. The molecule has 0 unspecified atom stereocenters. The lowest BCUT2D eigenvalue weighted by Crippen LogP contribution is -2.48. The summed E-state index contributed by atoms with van der Waals surface area (Å²) in [4.78, 5) is 22.1. The number of nitrogens with one attached hydrogen (secondary N) is 1. The Bertz CT molecular complexity index is 599. The molecule has 4 nitrogen and oxygen atoms in total. The number of carbonyl (C=O) groups excluding carboxylic acids is 1. The quantitative estimate of drug-likeness (QED) is 0.835. The van der Waals surface area contributed by atoms with Gasteiger partial charge in [0.05, 0.1) is 0 Å². The summed E-state index contributed by atoms with van der Waals surface area (Å²) in [6.07, 6.45) is 7.78. The van der Waals surface area contributed by atoms with Crippen LogP contribution < -0.4 is 5.32 Å². The highest BCUT2D eigenvalue weighted by molar-refractivity contribution is 6.01. The maximum atomic E-state index is 11.5. The lowest BCUT2D eigenvalue weighted by Gasteiger charge is -2.57. The van der Waals surface area contributed by atoms with E-state index in [4.69, 9.17) is 5.11 Å². The maximum absolute atomic E-state index is 11.5. The molecule has 1 aromatic carbocycles. The fourth-order valence-corrected chi connectivity index (χ4v) is 5.71. The molecule has 4 bridgehead atoms. The Morgan fingerprint density at radius 3 is 2.00 bits per heavy atom. The zero-order valence-corrected chi connectivity index (χ0v) is 13.3. The number of carboxylic acids is 1. The smallest absolute Gasteiger partial charge is 0.312 e. The molecule has 0 radical (unpaired) electrons. The molecule has 0 spiro atoms. The predicted octanol–water partition coefficient (Wildman–Crippen LogP) is 3.57. The molecule has 0 heterocycles. The molecule has 2 N–H and O–H groups in total. The lowest BCUT2D eigenvalue weighted by atomic mass is 9.48. The summed E-state index contributed by atoms with van der Waals surface area (Å²) in [5.41, 5.74) is 2.45. The lowest BCUT2D eigenvalue weighted by molar-refractivity contribution is -0.139. The minimum absolute atomic E-state index is 0.359. The van der Waals surface area contributed by atoms with E-state index >= 15 is 0 Å². The van der Waals surface area contributed by atoms with Crippen LogP contribution in [0.3, 0.4) is 0 Å². The van der Waals surface area contributed by atoms with Gasteiger partial charge in [-0.3, -0.25) is 9.59 Å². The molecule has 4 aliphatic rings. The molecular formula is C19H23NO3. The molecule has 5 rings (SSSR count). The number of hydrogen-bond acceptors (Lipinski definition) is 2. The Kier molecular flexibility index (Phi) is 3.43. The molecule has 4 heteroatoms. The van der Waals surface area contributed by atoms with E-state index < -0.39 is 18.3 Å². The van der Waals surface area contributed by atoms with Gasteiger partial charge in [-0.15, -0.1) is 0 Å². The van der Waals surface area contributed by atoms with Crippen molar-refractivity contribution in [3.8, 4) is 0 Å². The van der Waals surface area contributed by atoms with Crippen LogP contribution in [0, 0.1) is 17.8 Å². The molecule has 0 saturated heterocycles. The second kappa shape index (κ2) is 5.36. The molecule has 23 heavy (non-hydrogen) atoms. The zero-order chi connectivity index (χ0) is 16.0. The molecule has 0 aliphatic heterocycles. The van der Waals surface area contributed by atoms with Crippen molar-refractivity contribution in [2.75, 3.05) is 5.32 Å². The summed E-state index contributed by atoms with van der Waals surface area (Å²) in [6, 6.07) is 8.13. The Morgan fingerprint density at radius 2 is 1.52 bits per heavy atom. The highest BCUT2D eigenvalue weighted by atomic mass is 16.4. The Balaban J connectivity index is 1.50. The van der Waals surface area contributed by atoms with Crippen LogP contribution in [-0.2, 0) is 15.0 Å². The van der Waals surface area contributed by atoms with Crippen molar-refractivity contribution in [3.05, 3.63) is 29.8 Å². The van der Waals surface area contributed by atoms with E-state index in [1.54, 1.807) is 0 Å². The molecular weight excluding hydrogens is 290 g/mol. The van der Waals surface area contributed by atoms with Gasteiger partial charge < -0.3 is 10.4 Å². The molecule has 0 aromatic heterocycles. The van der Waals surface area contributed by atoms with Gasteiger partial charge in [0, 0.05) is 5.69 Å². The van der Waals surface area contributed by atoms with Gasteiger partial charge in [0.25, 0.3) is 0 Å². The first kappa shape index (κ1) is 14.7. The predicted molar refractivity (Wildman–Crippen MR) is 87.2 cm³/mol. The molecule has 4 saturated carbocycles. The largest absolute Gasteiger partial charge is 0.481 e. The van der Waals surface area contributed by atoms with Crippen molar-refractivity contribution in [1.29, 1.82) is 0 Å². The van der Waals surface area contributed by atoms with E-state index in [-0.39, 0.29) is 0 Å². The van der Waals surface area contributed by atoms with Gasteiger partial charge in [0.15, 0.2) is 0 Å². The van der Waals surface area contributed by atoms with Crippen molar-refractivity contribution >= 4 is 17.6 Å². The van der Waals surface area contributed by atoms with Crippen molar-refractivity contribution in [3.63, 3.8) is 0 Å². The molecule has 0 atom stereocenters. The van der Waals surface area contributed by atoms with Crippen molar-refractivity contribution in [1.82, 2.24) is 0 Å². The normalized spacial score (nSPS) is 34.3. The summed E-state index contributed by atoms with van der Waals surface area (Å²) in [5, 5.41) is 11.3. The Hall–Kier alpha value is -1.84. The topological polar surface area (TPSA) is 66.4 Å². The van der Waals surface area contributed by atoms with Gasteiger partial charge in [-0.1, -0.05) is 12.1 Å². The molecule has 1 aromatic rings. The van der Waals surface area contributed by atoms with Crippen LogP contribution in [0.15, 0.2) is 24.3 Å². The van der Waals surface area contributed by atoms with Crippen LogP contribution in [0.4, 0.5) is 5.69 Å². The van der Waals surface area contributed by atoms with Crippen LogP contribution in [0.1, 0.15) is 50.5 Å². The zero-order valence-electron chi connectivity index (χ0n) is 13.3. The third kappa shape index (κ3) is 2.75. The number of hydrogen-bond donors (Lipinski definition) is 2. The summed E-state index contributed by atoms with van der Waals surface area (Å²) in [7, 11) is 0.